The van der Waals surface area contributed by atoms with E-state index in [0.717, 1.165) is 5.56 Å². The summed E-state index contributed by atoms with van der Waals surface area (Å²) in [6.45, 7) is 0. The number of benzene rings is 2. The summed E-state index contributed by atoms with van der Waals surface area (Å²) in [5.74, 6) is -0.646. The normalized spacial score (nSPS) is 12.5. The molecule has 0 amide bonds. The molecule has 1 aliphatic rings. The molecule has 0 aliphatic heterocycles. The van der Waals surface area contributed by atoms with Crippen molar-refractivity contribution in [3.63, 3.8) is 0 Å². The summed E-state index contributed by atoms with van der Waals surface area (Å²) >= 11 is 0. The summed E-state index contributed by atoms with van der Waals surface area (Å²) < 4.78 is 13.5. The van der Waals surface area contributed by atoms with Crippen molar-refractivity contribution in [1.29, 1.82) is 0 Å². The molecule has 0 saturated carbocycles. The summed E-state index contributed by atoms with van der Waals surface area (Å²) in [6.07, 6.45) is 0. The summed E-state index contributed by atoms with van der Waals surface area (Å²) in [5.41, 5.74) is 2.34. The van der Waals surface area contributed by atoms with Crippen LogP contribution in [-0.4, -0.2) is 5.78 Å². The lowest BCUT2D eigenvalue weighted by Gasteiger charge is -1.98. The lowest BCUT2D eigenvalue weighted by Crippen LogP contribution is -1.97. The van der Waals surface area contributed by atoms with E-state index in [4.69, 9.17) is 0 Å². The number of ketones is 1. The predicted molar refractivity (Wildman–Crippen MR) is 55.3 cm³/mol. The van der Waals surface area contributed by atoms with Gasteiger partial charge in [-0.1, -0.05) is 36.4 Å². The second-order valence-corrected chi connectivity index (χ2v) is 3.54. The topological polar surface area (TPSA) is 17.1 Å². The van der Waals surface area contributed by atoms with Crippen molar-refractivity contribution in [3.8, 4) is 11.1 Å². The molecule has 0 atom stereocenters. The summed E-state index contributed by atoms with van der Waals surface area (Å²) in [7, 11) is 0. The van der Waals surface area contributed by atoms with Gasteiger partial charge < -0.3 is 0 Å². The Bertz CT molecular complexity index is 572. The van der Waals surface area contributed by atoms with Crippen LogP contribution in [0.4, 0.5) is 4.39 Å². The summed E-state index contributed by atoms with van der Waals surface area (Å²) in [5, 5.41) is 0. The first-order valence-electron chi connectivity index (χ1n) is 4.71. The Morgan fingerprint density at radius 1 is 0.800 bits per heavy atom. The van der Waals surface area contributed by atoms with Gasteiger partial charge in [-0.25, -0.2) is 4.39 Å². The van der Waals surface area contributed by atoms with Crippen molar-refractivity contribution in [2.75, 3.05) is 0 Å². The first-order chi connectivity index (χ1) is 7.29. The van der Waals surface area contributed by atoms with Crippen molar-refractivity contribution in [2.45, 2.75) is 0 Å². The third kappa shape index (κ3) is 0.988. The molecule has 1 nitrogen and oxygen atoms in total. The quantitative estimate of drug-likeness (QED) is 0.542. The highest BCUT2D eigenvalue weighted by Gasteiger charge is 2.28. The molecule has 0 heterocycles. The average molecular weight is 198 g/mol. The Balaban J connectivity index is 2.43. The maximum Gasteiger partial charge on any atom is 0.197 e. The van der Waals surface area contributed by atoms with Crippen LogP contribution in [0.15, 0.2) is 42.5 Å². The molecule has 0 bridgehead atoms. The van der Waals surface area contributed by atoms with E-state index in [1.807, 2.05) is 12.1 Å². The van der Waals surface area contributed by atoms with Gasteiger partial charge in [0.2, 0.25) is 0 Å². The SMILES string of the molecule is O=C1c2ccccc2-c2cccc(F)c21. The number of hydrogen-bond acceptors (Lipinski definition) is 1. The lowest BCUT2D eigenvalue weighted by molar-refractivity contribution is 0.104. The second-order valence-electron chi connectivity index (χ2n) is 3.54. The predicted octanol–water partition coefficient (Wildman–Crippen LogP) is 3.04. The van der Waals surface area contributed by atoms with Gasteiger partial charge in [0.25, 0.3) is 0 Å². The number of rotatable bonds is 0. The van der Waals surface area contributed by atoms with E-state index in [2.05, 4.69) is 0 Å². The van der Waals surface area contributed by atoms with Gasteiger partial charge in [-0.3, -0.25) is 4.79 Å². The maximum atomic E-state index is 13.5. The van der Waals surface area contributed by atoms with Gasteiger partial charge in [-0.2, -0.15) is 0 Å². The molecule has 2 heteroatoms. The highest BCUT2D eigenvalue weighted by atomic mass is 19.1. The molecule has 0 N–H and O–H groups in total. The zero-order valence-electron chi connectivity index (χ0n) is 7.83. The van der Waals surface area contributed by atoms with Crippen LogP contribution in [0.5, 0.6) is 0 Å². The largest absolute Gasteiger partial charge is 0.288 e. The van der Waals surface area contributed by atoms with Crippen LogP contribution < -0.4 is 0 Å². The third-order valence-corrected chi connectivity index (χ3v) is 2.70. The fourth-order valence-corrected chi connectivity index (χ4v) is 2.03. The van der Waals surface area contributed by atoms with Gasteiger partial charge in [0.05, 0.1) is 5.56 Å². The zero-order valence-corrected chi connectivity index (χ0v) is 7.83. The van der Waals surface area contributed by atoms with Crippen molar-refractivity contribution < 1.29 is 9.18 Å². The Morgan fingerprint density at radius 3 is 2.27 bits per heavy atom. The molecular formula is C13H7FO. The van der Waals surface area contributed by atoms with Crippen LogP contribution in [0.25, 0.3) is 11.1 Å². The van der Waals surface area contributed by atoms with E-state index in [-0.39, 0.29) is 11.3 Å². The zero-order chi connectivity index (χ0) is 10.4. The molecule has 15 heavy (non-hydrogen) atoms. The first kappa shape index (κ1) is 8.36. The van der Waals surface area contributed by atoms with Gasteiger partial charge >= 0.3 is 0 Å². The molecule has 0 saturated heterocycles. The smallest absolute Gasteiger partial charge is 0.197 e. The highest BCUT2D eigenvalue weighted by molar-refractivity contribution is 6.21. The van der Waals surface area contributed by atoms with E-state index < -0.39 is 5.82 Å². The van der Waals surface area contributed by atoms with Crippen LogP contribution >= 0.6 is 0 Å². The van der Waals surface area contributed by atoms with E-state index in [1.165, 1.54) is 6.07 Å². The van der Waals surface area contributed by atoms with E-state index >= 15 is 0 Å². The fourth-order valence-electron chi connectivity index (χ4n) is 2.03. The van der Waals surface area contributed by atoms with Crippen LogP contribution in [-0.2, 0) is 0 Å². The third-order valence-electron chi connectivity index (χ3n) is 2.70. The highest BCUT2D eigenvalue weighted by Crippen LogP contribution is 2.37. The van der Waals surface area contributed by atoms with Gasteiger partial charge in [-0.15, -0.1) is 0 Å². The molecule has 1 aliphatic carbocycles. The lowest BCUT2D eigenvalue weighted by atomic mass is 10.1. The minimum absolute atomic E-state index is 0.207. The maximum absolute atomic E-state index is 13.5. The van der Waals surface area contributed by atoms with Crippen molar-refractivity contribution in [1.82, 2.24) is 0 Å². The number of carbonyl (C=O) groups is 1. The molecule has 0 unspecified atom stereocenters. The van der Waals surface area contributed by atoms with Crippen LogP contribution in [0.1, 0.15) is 15.9 Å². The van der Waals surface area contributed by atoms with E-state index in [1.54, 1.807) is 24.3 Å². The van der Waals surface area contributed by atoms with Crippen molar-refractivity contribution in [3.05, 3.63) is 59.4 Å². The van der Waals surface area contributed by atoms with E-state index in [0.29, 0.717) is 11.1 Å². The minimum Gasteiger partial charge on any atom is -0.288 e. The second kappa shape index (κ2) is 2.76. The van der Waals surface area contributed by atoms with Gasteiger partial charge in [0.1, 0.15) is 5.82 Å². The average Bonchev–Trinajstić information content (AvgIpc) is 2.55. The Hall–Kier alpha value is -1.96. The molecule has 2 aromatic carbocycles. The fraction of sp³-hybridized carbons (Fsp3) is 0. The van der Waals surface area contributed by atoms with Crippen molar-refractivity contribution in [2.24, 2.45) is 0 Å². The van der Waals surface area contributed by atoms with Gasteiger partial charge in [0, 0.05) is 5.56 Å². The Labute approximate surface area is 86.2 Å². The molecule has 0 fully saturated rings. The standard InChI is InChI=1S/C13H7FO/c14-11-7-3-6-9-8-4-1-2-5-10(8)13(15)12(9)11/h1-7H. The number of halogens is 1. The van der Waals surface area contributed by atoms with Crippen LogP contribution in [0, 0.1) is 5.82 Å². The monoisotopic (exact) mass is 198 g/mol. The molecule has 0 aromatic heterocycles. The summed E-state index contributed by atoms with van der Waals surface area (Å²) in [4.78, 5) is 11.9. The van der Waals surface area contributed by atoms with Crippen LogP contribution in [0.3, 0.4) is 0 Å². The summed E-state index contributed by atoms with van der Waals surface area (Å²) in [6, 6.07) is 12.0. The molecule has 0 radical (unpaired) electrons. The number of hydrogen-bond donors (Lipinski definition) is 0. The molecular weight excluding hydrogens is 191 g/mol. The minimum atomic E-state index is -0.436. The molecule has 72 valence electrons. The molecule has 2 aromatic rings. The molecule has 0 spiro atoms. The number of fused-ring (bicyclic) bond motifs is 3. The Kier molecular flexibility index (Phi) is 1.54. The van der Waals surface area contributed by atoms with Crippen molar-refractivity contribution >= 4 is 5.78 Å². The molecule has 3 rings (SSSR count). The first-order valence-corrected chi connectivity index (χ1v) is 4.71. The van der Waals surface area contributed by atoms with E-state index in [9.17, 15) is 9.18 Å². The Morgan fingerprint density at radius 2 is 1.47 bits per heavy atom. The van der Waals surface area contributed by atoms with Crippen LogP contribution in [0.2, 0.25) is 0 Å². The van der Waals surface area contributed by atoms with Gasteiger partial charge in [-0.05, 0) is 17.2 Å². The van der Waals surface area contributed by atoms with Gasteiger partial charge in [0.15, 0.2) is 5.78 Å². The number of carbonyl (C=O) groups excluding carboxylic acids is 1.